The Labute approximate surface area is 180 Å². The first-order valence-electron chi connectivity index (χ1n) is 10.3. The normalized spacial score (nSPS) is 13.0. The van der Waals surface area contributed by atoms with Crippen molar-refractivity contribution in [2.45, 2.75) is 39.2 Å². The number of hydrogen-bond acceptors (Lipinski definition) is 6. The predicted octanol–water partition coefficient (Wildman–Crippen LogP) is 2.45. The highest BCUT2D eigenvalue weighted by molar-refractivity contribution is 5.76. The van der Waals surface area contributed by atoms with Crippen molar-refractivity contribution in [2.75, 3.05) is 13.7 Å². The number of methoxy groups -OCH3 is 1. The molecular formula is C23H25N5O3. The molecule has 1 N–H and O–H groups in total. The standard InChI is InChI=1S/C23H25N5O3/c1-15-12-16(6-7-20(15)31-2)4-3-5-21(29)28-11-8-18-17(14-28)23(30)27-22(26-18)19-13-24-9-10-25-19/h6-7,9-10,12-13H,3-5,8,11,14H2,1-2H3,(H,26,27,30). The molecule has 0 saturated carbocycles. The predicted molar refractivity (Wildman–Crippen MR) is 116 cm³/mol. The zero-order valence-corrected chi connectivity index (χ0v) is 17.7. The van der Waals surface area contributed by atoms with Crippen LogP contribution in [0.3, 0.4) is 0 Å². The summed E-state index contributed by atoms with van der Waals surface area (Å²) in [4.78, 5) is 42.6. The number of nitrogens with one attached hydrogen (secondary N) is 1. The molecule has 0 aliphatic carbocycles. The number of aryl methyl sites for hydroxylation is 2. The maximum atomic E-state index is 12.7. The van der Waals surface area contributed by atoms with Gasteiger partial charge in [0.15, 0.2) is 5.82 Å². The minimum atomic E-state index is -0.225. The SMILES string of the molecule is COc1ccc(CCCC(=O)N2CCc3nc(-c4cnccn4)[nH]c(=O)c3C2)cc1C. The van der Waals surface area contributed by atoms with E-state index in [1.807, 2.05) is 19.1 Å². The summed E-state index contributed by atoms with van der Waals surface area (Å²) in [6.07, 6.45) is 7.27. The van der Waals surface area contributed by atoms with Crippen molar-refractivity contribution in [1.29, 1.82) is 0 Å². The number of benzene rings is 1. The highest BCUT2D eigenvalue weighted by Crippen LogP contribution is 2.21. The molecule has 0 unspecified atom stereocenters. The van der Waals surface area contributed by atoms with Gasteiger partial charge in [-0.05, 0) is 37.0 Å². The lowest BCUT2D eigenvalue weighted by atomic mass is 10.0. The lowest BCUT2D eigenvalue weighted by Gasteiger charge is -2.28. The second kappa shape index (κ2) is 9.07. The number of aromatic amines is 1. The van der Waals surface area contributed by atoms with Gasteiger partial charge in [-0.2, -0.15) is 0 Å². The zero-order chi connectivity index (χ0) is 21.8. The summed E-state index contributed by atoms with van der Waals surface area (Å²) in [6.45, 7) is 2.86. The molecule has 3 aromatic rings. The molecule has 160 valence electrons. The molecule has 2 aromatic heterocycles. The van der Waals surface area contributed by atoms with Gasteiger partial charge in [-0.15, -0.1) is 0 Å². The Morgan fingerprint density at radius 2 is 2.16 bits per heavy atom. The molecule has 8 nitrogen and oxygen atoms in total. The number of carbonyl (C=O) groups excluding carboxylic acids is 1. The molecule has 8 heteroatoms. The number of nitrogens with zero attached hydrogens (tertiary/aromatic N) is 4. The fourth-order valence-corrected chi connectivity index (χ4v) is 3.88. The minimum absolute atomic E-state index is 0.0632. The molecule has 1 aliphatic rings. The van der Waals surface area contributed by atoms with E-state index in [4.69, 9.17) is 4.74 Å². The van der Waals surface area contributed by atoms with Gasteiger partial charge in [-0.3, -0.25) is 14.6 Å². The first-order valence-corrected chi connectivity index (χ1v) is 10.3. The summed E-state index contributed by atoms with van der Waals surface area (Å²) in [5.41, 5.74) is 3.85. The molecule has 0 bridgehead atoms. The maximum absolute atomic E-state index is 12.7. The summed E-state index contributed by atoms with van der Waals surface area (Å²) in [7, 11) is 1.66. The smallest absolute Gasteiger partial charge is 0.256 e. The first kappa shape index (κ1) is 20.7. The third kappa shape index (κ3) is 4.63. The van der Waals surface area contributed by atoms with E-state index >= 15 is 0 Å². The van der Waals surface area contributed by atoms with Gasteiger partial charge in [0.05, 0.1) is 31.1 Å². The second-order valence-electron chi connectivity index (χ2n) is 7.65. The number of hydrogen-bond donors (Lipinski definition) is 1. The number of carbonyl (C=O) groups is 1. The fraction of sp³-hybridized carbons (Fsp3) is 0.348. The van der Waals surface area contributed by atoms with Gasteiger partial charge in [-0.25, -0.2) is 9.97 Å². The zero-order valence-electron chi connectivity index (χ0n) is 17.7. The van der Waals surface area contributed by atoms with Crippen LogP contribution in [0, 0.1) is 6.92 Å². The third-order valence-electron chi connectivity index (χ3n) is 5.54. The van der Waals surface area contributed by atoms with E-state index < -0.39 is 0 Å². The van der Waals surface area contributed by atoms with Crippen LogP contribution in [0.25, 0.3) is 11.5 Å². The van der Waals surface area contributed by atoms with Crippen LogP contribution in [0.4, 0.5) is 0 Å². The summed E-state index contributed by atoms with van der Waals surface area (Å²) >= 11 is 0. The van der Waals surface area contributed by atoms with Crippen molar-refractivity contribution >= 4 is 5.91 Å². The highest BCUT2D eigenvalue weighted by Gasteiger charge is 2.24. The van der Waals surface area contributed by atoms with E-state index in [9.17, 15) is 9.59 Å². The quantitative estimate of drug-likeness (QED) is 0.659. The van der Waals surface area contributed by atoms with Crippen molar-refractivity contribution in [3.05, 3.63) is 69.5 Å². The molecular weight excluding hydrogens is 394 g/mol. The number of H-pyrrole nitrogens is 1. The van der Waals surface area contributed by atoms with E-state index in [2.05, 4.69) is 26.0 Å². The maximum Gasteiger partial charge on any atom is 0.256 e. The van der Waals surface area contributed by atoms with Crippen molar-refractivity contribution in [2.24, 2.45) is 0 Å². The fourth-order valence-electron chi connectivity index (χ4n) is 3.88. The Bertz CT molecular complexity index is 1140. The van der Waals surface area contributed by atoms with Gasteiger partial charge >= 0.3 is 0 Å². The minimum Gasteiger partial charge on any atom is -0.496 e. The molecule has 0 atom stereocenters. The van der Waals surface area contributed by atoms with Gasteiger partial charge < -0.3 is 14.6 Å². The van der Waals surface area contributed by atoms with Gasteiger partial charge in [0.25, 0.3) is 5.56 Å². The van der Waals surface area contributed by atoms with Crippen molar-refractivity contribution < 1.29 is 9.53 Å². The average molecular weight is 419 g/mol. The van der Waals surface area contributed by atoms with E-state index in [0.29, 0.717) is 43.0 Å². The Morgan fingerprint density at radius 3 is 2.90 bits per heavy atom. The molecule has 1 amide bonds. The van der Waals surface area contributed by atoms with Crippen LogP contribution in [-0.4, -0.2) is 44.4 Å². The van der Waals surface area contributed by atoms with Crippen LogP contribution < -0.4 is 10.3 Å². The molecule has 0 fully saturated rings. The van der Waals surface area contributed by atoms with Gasteiger partial charge in [0.2, 0.25) is 5.91 Å². The number of rotatable bonds is 6. The van der Waals surface area contributed by atoms with Gasteiger partial charge in [0, 0.05) is 31.8 Å². The largest absolute Gasteiger partial charge is 0.496 e. The van der Waals surface area contributed by atoms with Crippen molar-refractivity contribution in [3.8, 4) is 17.3 Å². The molecule has 1 aromatic carbocycles. The van der Waals surface area contributed by atoms with E-state index in [0.717, 1.165) is 29.8 Å². The van der Waals surface area contributed by atoms with Crippen molar-refractivity contribution in [1.82, 2.24) is 24.8 Å². The molecule has 4 rings (SSSR count). The van der Waals surface area contributed by atoms with Crippen LogP contribution in [0.1, 0.15) is 35.2 Å². The Balaban J connectivity index is 1.38. The monoisotopic (exact) mass is 419 g/mol. The van der Waals surface area contributed by atoms with Crippen LogP contribution in [0.2, 0.25) is 0 Å². The summed E-state index contributed by atoms with van der Waals surface area (Å²) in [5, 5.41) is 0. The molecule has 1 aliphatic heterocycles. The summed E-state index contributed by atoms with van der Waals surface area (Å²) in [6, 6.07) is 6.09. The number of amides is 1. The van der Waals surface area contributed by atoms with E-state index in [1.165, 1.54) is 5.56 Å². The third-order valence-corrected chi connectivity index (χ3v) is 5.54. The topological polar surface area (TPSA) is 101 Å². The van der Waals surface area contributed by atoms with E-state index in [-0.39, 0.29) is 11.5 Å². The number of aromatic nitrogens is 4. The van der Waals surface area contributed by atoms with Crippen LogP contribution >= 0.6 is 0 Å². The highest BCUT2D eigenvalue weighted by atomic mass is 16.5. The Kier molecular flexibility index (Phi) is 6.06. The Hall–Kier alpha value is -3.55. The Morgan fingerprint density at radius 1 is 1.29 bits per heavy atom. The molecule has 0 spiro atoms. The second-order valence-corrected chi connectivity index (χ2v) is 7.65. The van der Waals surface area contributed by atoms with Gasteiger partial charge in [0.1, 0.15) is 11.4 Å². The van der Waals surface area contributed by atoms with Crippen LogP contribution in [-0.2, 0) is 24.2 Å². The number of fused-ring (bicyclic) bond motifs is 1. The number of ether oxygens (including phenoxy) is 1. The van der Waals surface area contributed by atoms with Gasteiger partial charge in [-0.1, -0.05) is 12.1 Å². The van der Waals surface area contributed by atoms with Crippen LogP contribution in [0.5, 0.6) is 5.75 Å². The summed E-state index contributed by atoms with van der Waals surface area (Å²) < 4.78 is 5.29. The lowest BCUT2D eigenvalue weighted by molar-refractivity contribution is -0.132. The molecule has 0 saturated heterocycles. The van der Waals surface area contributed by atoms with E-state index in [1.54, 1.807) is 30.6 Å². The molecule has 3 heterocycles. The average Bonchev–Trinajstić information content (AvgIpc) is 2.79. The lowest BCUT2D eigenvalue weighted by Crippen LogP contribution is -2.39. The first-order chi connectivity index (χ1) is 15.0. The van der Waals surface area contributed by atoms with Crippen molar-refractivity contribution in [3.63, 3.8) is 0 Å². The molecule has 0 radical (unpaired) electrons. The van der Waals surface area contributed by atoms with Crippen LogP contribution in [0.15, 0.2) is 41.6 Å². The summed E-state index contributed by atoms with van der Waals surface area (Å²) in [5.74, 6) is 1.34. The molecule has 31 heavy (non-hydrogen) atoms.